The Hall–Kier alpha value is -13.5. The molecule has 7 N–H and O–H groups in total. The van der Waals surface area contributed by atoms with Crippen LogP contribution in [-0.4, -0.2) is 205 Å². The van der Waals surface area contributed by atoms with Crippen molar-refractivity contribution in [3.63, 3.8) is 0 Å². The van der Waals surface area contributed by atoms with Gasteiger partial charge in [0.2, 0.25) is 5.78 Å². The Labute approximate surface area is 666 Å². The largest absolute Gasteiger partial charge is 0.389 e. The maximum absolute atomic E-state index is 13.2. The first kappa shape index (κ1) is 78.4. The highest BCUT2D eigenvalue weighted by Gasteiger charge is 2.46. The number of alkyl halides is 6. The molecule has 33 nitrogen and oxygen atoms in total. The topological polar surface area (TPSA) is 387 Å². The molecular weight excluding hydrogens is 1550 g/mol. The molecule has 16 heterocycles. The highest BCUT2D eigenvalue weighted by molar-refractivity contribution is 6.10. The number of pyridine rings is 5. The lowest BCUT2D eigenvalue weighted by Gasteiger charge is -2.35. The van der Waals surface area contributed by atoms with E-state index in [0.29, 0.717) is 107 Å². The first-order valence-corrected chi connectivity index (χ1v) is 38.4. The second kappa shape index (κ2) is 32.7. The molecule has 8 amide bonds. The molecule has 8 aliphatic heterocycles. The average molecular weight is 1620 g/mol. The van der Waals surface area contributed by atoms with Crippen LogP contribution in [0.1, 0.15) is 113 Å². The van der Waals surface area contributed by atoms with Crippen LogP contribution in [0.3, 0.4) is 0 Å². The highest BCUT2D eigenvalue weighted by Crippen LogP contribution is 2.45. The molecular formula is C79H77F6N23O10. The predicted octanol–water partition coefficient (Wildman–Crippen LogP) is 11.9. The number of hydrogen-bond donors (Lipinski definition) is 7. The van der Waals surface area contributed by atoms with Crippen LogP contribution < -0.4 is 66.2 Å². The monoisotopic (exact) mass is 1620 g/mol. The van der Waals surface area contributed by atoms with Crippen molar-refractivity contribution in [1.29, 1.82) is 0 Å². The number of halogens is 6. The third-order valence-electron chi connectivity index (χ3n) is 21.7. The van der Waals surface area contributed by atoms with Gasteiger partial charge in [-0.3, -0.25) is 49.4 Å². The zero-order chi connectivity index (χ0) is 82.3. The van der Waals surface area contributed by atoms with E-state index in [-0.39, 0.29) is 83.1 Å². The quantitative estimate of drug-likeness (QED) is 0.0349. The Bertz CT molecular complexity index is 5620. The van der Waals surface area contributed by atoms with E-state index in [2.05, 4.69) is 91.0 Å². The minimum Gasteiger partial charge on any atom is -0.376 e. The Morgan fingerprint density at radius 3 is 1.33 bits per heavy atom. The molecule has 19 rings (SSSR count). The second-order valence-electron chi connectivity index (χ2n) is 29.7. The summed E-state index contributed by atoms with van der Waals surface area (Å²) < 4.78 is 80.1. The number of ether oxygens (including phenoxy) is 1. The number of rotatable bonds is 16. The number of anilines is 12. The van der Waals surface area contributed by atoms with E-state index in [1.165, 1.54) is 29.0 Å². The third-order valence-corrected chi connectivity index (χ3v) is 21.7. The normalized spacial score (nSPS) is 18.2. The number of imidazole rings is 2. The Kier molecular flexibility index (Phi) is 21.7. The maximum Gasteiger partial charge on any atom is 0.389 e. The van der Waals surface area contributed by atoms with Gasteiger partial charge in [-0.15, -0.1) is 5.10 Å². The van der Waals surface area contributed by atoms with Crippen LogP contribution in [0.5, 0.6) is 0 Å². The van der Waals surface area contributed by atoms with Crippen LogP contribution in [0, 0.1) is 5.92 Å². The van der Waals surface area contributed by atoms with Gasteiger partial charge in [-0.2, -0.15) is 31.4 Å². The van der Waals surface area contributed by atoms with E-state index in [0.717, 1.165) is 87.2 Å². The number of urea groups is 4. The summed E-state index contributed by atoms with van der Waals surface area (Å²) in [5, 5.41) is 19.0. The minimum atomic E-state index is -4.44. The van der Waals surface area contributed by atoms with E-state index < -0.39 is 61.7 Å². The molecule has 8 bridgehead atoms. The number of amides is 8. The number of methoxy groups -OCH3 is 1. The Morgan fingerprint density at radius 1 is 0.458 bits per heavy atom. The molecule has 1 saturated carbocycles. The molecule has 10 aromatic rings. The molecule has 610 valence electrons. The summed E-state index contributed by atoms with van der Waals surface area (Å²) in [6.07, 6.45) is -2.02. The number of benzene rings is 2. The van der Waals surface area contributed by atoms with Gasteiger partial charge in [0.1, 0.15) is 35.2 Å². The van der Waals surface area contributed by atoms with Crippen molar-refractivity contribution in [2.75, 3.05) is 127 Å². The van der Waals surface area contributed by atoms with Gasteiger partial charge in [-0.25, -0.2) is 53.9 Å². The van der Waals surface area contributed by atoms with Gasteiger partial charge in [0.25, 0.3) is 0 Å². The number of hydrogen-bond acceptors (Lipinski definition) is 22. The van der Waals surface area contributed by atoms with Crippen LogP contribution >= 0.6 is 0 Å². The van der Waals surface area contributed by atoms with Gasteiger partial charge in [0.15, 0.2) is 46.4 Å². The van der Waals surface area contributed by atoms with Crippen LogP contribution in [0.15, 0.2) is 139 Å². The number of carbonyl (C=O) groups excluding carboxylic acids is 8. The molecule has 118 heavy (non-hydrogen) atoms. The van der Waals surface area contributed by atoms with Gasteiger partial charge in [-0.1, -0.05) is 6.07 Å². The van der Waals surface area contributed by atoms with Gasteiger partial charge in [0, 0.05) is 102 Å². The molecule has 9 aliphatic rings. The number of aromatic amines is 3. The zero-order valence-electron chi connectivity index (χ0n) is 63.2. The van der Waals surface area contributed by atoms with E-state index in [1.807, 2.05) is 23.1 Å². The SMILES string of the molecule is COCC(=O)c1ccc2c(n1)N(C(=O)Nc1ccccn1)[C@H]1CCN2C1.O=C(CC1CC1)c1ccc2c(n1)N(C(=O)Nc1cccnn1)[C@H]1CCN2C1.O=C(CCC(F)(F)F)c1ccc2c(n1)N(C(=O)Nc1ccc3[nH]c(=O)[nH]c3c1)[C@H]1CCN2C1.O=C(CCC(F)(F)F)c1ccc2c(n1)N(C(=O)Nc1ccc3nc[nH]c3c1)[C@H]1CCN2C1. The van der Waals surface area contributed by atoms with Gasteiger partial charge < -0.3 is 49.9 Å². The molecule has 0 spiro atoms. The molecule has 4 saturated heterocycles. The molecule has 4 atom stereocenters. The van der Waals surface area contributed by atoms with Gasteiger partial charge in [0.05, 0.1) is 88.2 Å². The fourth-order valence-corrected chi connectivity index (χ4v) is 15.8. The standard InChI is InChI=1S/C21H19F3N6O3.C21H19F3N6O2.C19H20N6O2.C18H19N5O3/c22-21(23,24)7-5-17(31)14-3-4-16-18(26-14)30(12-6-8-29(16)10-12)20(33)25-11-1-2-13-15(9-11)28-19(32)27-13;22-21(23,24)7-5-18(31)15-3-4-17-19(28-15)30(13-6-8-29(17)10-13)20(32)27-12-1-2-14-16(9-12)26-11-25-14;26-16(10-12-3-4-12)14-5-6-15-18(21-14)25(13-7-9-24(15)11-13)19(27)22-17-2-1-8-20-23-17;1-26-11-15(24)13-5-6-14-17(20-13)23(12-7-9-22(14)10-12)18(25)21-16-4-2-3-8-19-16/h1-4,9,12H,5-8,10H2,(H,25,33)(H2,27,28,32);1-4,9,11,13H,5-8,10H2,(H,25,26)(H,27,32);1-2,5-6,8,12-13H,3-4,7,9-11H2,(H,22,23,27);2-6,8,12H,7,9-11H2,1H3,(H,19,21,25)/t12-;2*13-;12-/m0000/s1. The summed E-state index contributed by atoms with van der Waals surface area (Å²) in [6, 6.07) is 30.5. The number of carbonyl (C=O) groups is 8. The van der Waals surface area contributed by atoms with Crippen molar-refractivity contribution in [1.82, 2.24) is 55.1 Å². The van der Waals surface area contributed by atoms with Crippen LogP contribution in [0.25, 0.3) is 22.1 Å². The number of nitrogens with one attached hydrogen (secondary N) is 7. The summed E-state index contributed by atoms with van der Waals surface area (Å²) >= 11 is 0. The number of nitrogens with zero attached hydrogens (tertiary/aromatic N) is 16. The van der Waals surface area contributed by atoms with Gasteiger partial charge in [-0.05, 0) is 154 Å². The second-order valence-corrected chi connectivity index (χ2v) is 29.7. The lowest BCUT2D eigenvalue weighted by atomic mass is 10.1. The fraction of sp³-hybridized carbons (Fsp3) is 0.354. The number of H-pyrrole nitrogens is 3. The smallest absolute Gasteiger partial charge is 0.376 e. The zero-order valence-corrected chi connectivity index (χ0v) is 63.2. The van der Waals surface area contributed by atoms with Crippen molar-refractivity contribution in [3.8, 4) is 0 Å². The summed E-state index contributed by atoms with van der Waals surface area (Å²) in [7, 11) is 1.47. The molecule has 1 aliphatic carbocycles. The molecule has 0 radical (unpaired) electrons. The van der Waals surface area contributed by atoms with Crippen LogP contribution in [0.2, 0.25) is 0 Å². The van der Waals surface area contributed by atoms with Crippen molar-refractivity contribution in [3.05, 3.63) is 167 Å². The Balaban J connectivity index is 0.000000118. The molecule has 2 aromatic carbocycles. The summed E-state index contributed by atoms with van der Waals surface area (Å²) in [5.74, 6) is 1.39. The summed E-state index contributed by atoms with van der Waals surface area (Å²) in [4.78, 5) is 162. The molecule has 5 fully saturated rings. The lowest BCUT2D eigenvalue weighted by molar-refractivity contribution is -0.134. The summed E-state index contributed by atoms with van der Waals surface area (Å²) in [5.41, 5.74) is 6.96. The van der Waals surface area contributed by atoms with Crippen molar-refractivity contribution in [2.24, 2.45) is 5.92 Å². The first-order valence-electron chi connectivity index (χ1n) is 38.4. The third kappa shape index (κ3) is 17.1. The van der Waals surface area contributed by atoms with E-state index in [1.54, 1.807) is 113 Å². The van der Waals surface area contributed by atoms with Crippen molar-refractivity contribution < 1.29 is 69.4 Å². The van der Waals surface area contributed by atoms with Gasteiger partial charge >= 0.3 is 42.2 Å². The minimum absolute atomic E-state index is 0.0199. The van der Waals surface area contributed by atoms with Crippen molar-refractivity contribution >= 4 is 138 Å². The first-order chi connectivity index (χ1) is 56.8. The molecule has 0 unspecified atom stereocenters. The Morgan fingerprint density at radius 2 is 0.890 bits per heavy atom. The summed E-state index contributed by atoms with van der Waals surface area (Å²) in [6.45, 7) is 5.87. The predicted molar refractivity (Wildman–Crippen MR) is 424 cm³/mol. The van der Waals surface area contributed by atoms with Crippen LogP contribution in [-0.2, 0) is 4.74 Å². The molecule has 39 heteroatoms. The number of aromatic nitrogens is 11. The lowest BCUT2D eigenvalue weighted by Crippen LogP contribution is -2.48. The number of fused-ring (bicyclic) bond motifs is 18. The van der Waals surface area contributed by atoms with E-state index in [9.17, 15) is 69.5 Å². The number of ketones is 4. The average Bonchev–Trinajstić information content (AvgIpc) is 1.57. The molecule has 8 aromatic heterocycles. The fourth-order valence-electron chi connectivity index (χ4n) is 15.8. The van der Waals surface area contributed by atoms with Crippen LogP contribution in [0.4, 0.5) is 115 Å². The highest BCUT2D eigenvalue weighted by atomic mass is 19.4. The van der Waals surface area contributed by atoms with E-state index in [4.69, 9.17) is 4.74 Å². The van der Waals surface area contributed by atoms with Crippen molar-refractivity contribution in [2.45, 2.75) is 107 Å². The van der Waals surface area contributed by atoms with E-state index >= 15 is 0 Å². The number of Topliss-reactive ketones (excluding diaryl/α,β-unsaturated/α-hetero) is 4. The maximum atomic E-state index is 13.2.